The van der Waals surface area contributed by atoms with Crippen molar-refractivity contribution in [3.8, 4) is 0 Å². The van der Waals surface area contributed by atoms with Crippen LogP contribution < -0.4 is 14.8 Å². The first-order valence-electron chi connectivity index (χ1n) is 12.5. The van der Waals surface area contributed by atoms with Gasteiger partial charge in [0.2, 0.25) is 20.0 Å². The van der Waals surface area contributed by atoms with Crippen molar-refractivity contribution in [2.45, 2.75) is 92.3 Å². The van der Waals surface area contributed by atoms with Gasteiger partial charge in [0.15, 0.2) is 0 Å². The number of alkyl halides is 6. The van der Waals surface area contributed by atoms with Crippen LogP contribution in [0.2, 0.25) is 0 Å². The smallest absolute Gasteiger partial charge is 0.311 e. The fraction of sp³-hybridized carbons (Fsp3) is 0.520. The third-order valence-electron chi connectivity index (χ3n) is 6.51. The monoisotopic (exact) mass is 615 g/mol. The van der Waals surface area contributed by atoms with Crippen LogP contribution >= 0.6 is 0 Å². The Balaban J connectivity index is 1.56. The standard InChI is InChI=1S/C25H31F6N3O4S2/c1-16(33-39(35,36)22-10-3-6-18(14-22)24(26,27)28)12-20-8-5-9-21(32-20)13-17(2)34-40(37,38)23-11-4-7-19(15-23)25(29,30)31/h3-4,6-7,10-11,14-17,20-21,32-34H,5,8-9,12-13H2,1-2H3. The molecule has 0 aliphatic carbocycles. The van der Waals surface area contributed by atoms with Gasteiger partial charge in [-0.3, -0.25) is 0 Å². The Morgan fingerprint density at radius 1 is 0.750 bits per heavy atom. The minimum absolute atomic E-state index is 0.148. The topological polar surface area (TPSA) is 104 Å². The Kier molecular flexibility index (Phi) is 9.98. The molecule has 4 atom stereocenters. The zero-order chi connectivity index (χ0) is 29.9. The van der Waals surface area contributed by atoms with E-state index in [4.69, 9.17) is 0 Å². The average molecular weight is 616 g/mol. The molecular formula is C25H31F6N3O4S2. The Bertz CT molecular complexity index is 1280. The highest BCUT2D eigenvalue weighted by molar-refractivity contribution is 7.89. The van der Waals surface area contributed by atoms with Crippen molar-refractivity contribution in [1.29, 1.82) is 0 Å². The second kappa shape index (κ2) is 12.3. The molecule has 1 heterocycles. The van der Waals surface area contributed by atoms with E-state index >= 15 is 0 Å². The number of benzene rings is 2. The molecule has 0 amide bonds. The molecule has 1 aliphatic rings. The molecule has 224 valence electrons. The summed E-state index contributed by atoms with van der Waals surface area (Å²) in [4.78, 5) is -0.990. The summed E-state index contributed by atoms with van der Waals surface area (Å²) in [7, 11) is -8.42. The number of hydrogen-bond acceptors (Lipinski definition) is 5. The van der Waals surface area contributed by atoms with Gasteiger partial charge < -0.3 is 5.32 Å². The van der Waals surface area contributed by atoms with Gasteiger partial charge >= 0.3 is 12.4 Å². The van der Waals surface area contributed by atoms with Gasteiger partial charge in [-0.15, -0.1) is 0 Å². The molecule has 7 nitrogen and oxygen atoms in total. The van der Waals surface area contributed by atoms with Crippen LogP contribution in [-0.2, 0) is 32.4 Å². The highest BCUT2D eigenvalue weighted by Crippen LogP contribution is 2.31. The first kappa shape index (κ1) is 32.3. The van der Waals surface area contributed by atoms with Gasteiger partial charge in [0, 0.05) is 24.2 Å². The molecule has 0 spiro atoms. The van der Waals surface area contributed by atoms with E-state index in [9.17, 15) is 43.2 Å². The molecule has 0 radical (unpaired) electrons. The van der Waals surface area contributed by atoms with Crippen LogP contribution in [0.15, 0.2) is 58.3 Å². The average Bonchev–Trinajstić information content (AvgIpc) is 2.82. The summed E-state index contributed by atoms with van der Waals surface area (Å²) in [5.74, 6) is 0. The van der Waals surface area contributed by atoms with E-state index in [0.717, 1.165) is 42.8 Å². The lowest BCUT2D eigenvalue weighted by Gasteiger charge is -2.34. The van der Waals surface area contributed by atoms with Crippen LogP contribution in [0.4, 0.5) is 26.3 Å². The molecule has 3 N–H and O–H groups in total. The molecule has 15 heteroatoms. The minimum atomic E-state index is -4.68. The number of halogens is 6. The van der Waals surface area contributed by atoms with Gasteiger partial charge in [-0.1, -0.05) is 18.6 Å². The van der Waals surface area contributed by atoms with Crippen LogP contribution in [0, 0.1) is 0 Å². The summed E-state index contributed by atoms with van der Waals surface area (Å²) in [5, 5.41) is 3.36. The maximum atomic E-state index is 13.0. The van der Waals surface area contributed by atoms with Gasteiger partial charge in [0.25, 0.3) is 0 Å². The van der Waals surface area contributed by atoms with Crippen molar-refractivity contribution in [2.75, 3.05) is 0 Å². The lowest BCUT2D eigenvalue weighted by atomic mass is 9.92. The number of piperidine rings is 1. The third kappa shape index (κ3) is 8.90. The van der Waals surface area contributed by atoms with E-state index in [2.05, 4.69) is 14.8 Å². The first-order chi connectivity index (χ1) is 18.4. The van der Waals surface area contributed by atoms with Crippen LogP contribution in [0.3, 0.4) is 0 Å². The largest absolute Gasteiger partial charge is 0.416 e. The van der Waals surface area contributed by atoms with Gasteiger partial charge in [-0.2, -0.15) is 26.3 Å². The van der Waals surface area contributed by atoms with Crippen molar-refractivity contribution in [3.05, 3.63) is 59.7 Å². The highest BCUT2D eigenvalue weighted by atomic mass is 32.2. The SMILES string of the molecule is CC(CC1CCCC(CC(C)NS(=O)(=O)c2cccc(C(F)(F)F)c2)N1)NS(=O)(=O)c1cccc(C(F)(F)F)c1. The fourth-order valence-corrected chi connectivity index (χ4v) is 7.38. The normalized spacial score (nSPS) is 20.7. The second-order valence-electron chi connectivity index (χ2n) is 10.1. The number of sulfonamides is 2. The molecule has 0 saturated carbocycles. The molecule has 2 aromatic carbocycles. The maximum Gasteiger partial charge on any atom is 0.416 e. The third-order valence-corrected chi connectivity index (χ3v) is 9.68. The van der Waals surface area contributed by atoms with E-state index in [1.54, 1.807) is 13.8 Å². The molecule has 2 aromatic rings. The van der Waals surface area contributed by atoms with Crippen LogP contribution in [0.1, 0.15) is 57.1 Å². The Morgan fingerprint density at radius 3 is 1.48 bits per heavy atom. The molecule has 0 bridgehead atoms. The minimum Gasteiger partial charge on any atom is -0.311 e. The predicted molar refractivity (Wildman–Crippen MR) is 136 cm³/mol. The number of rotatable bonds is 10. The summed E-state index contributed by atoms with van der Waals surface area (Å²) in [5.41, 5.74) is -2.14. The molecule has 4 unspecified atom stereocenters. The maximum absolute atomic E-state index is 13.0. The molecule has 1 saturated heterocycles. The van der Waals surface area contributed by atoms with E-state index in [1.165, 1.54) is 0 Å². The van der Waals surface area contributed by atoms with Crippen LogP contribution in [0.5, 0.6) is 0 Å². The zero-order valence-electron chi connectivity index (χ0n) is 21.7. The van der Waals surface area contributed by atoms with Gasteiger partial charge in [-0.05, 0) is 75.9 Å². The summed E-state index contributed by atoms with van der Waals surface area (Å²) < 4.78 is 133. The van der Waals surface area contributed by atoms with Crippen LogP contribution in [0.25, 0.3) is 0 Å². The quantitative estimate of drug-likeness (QED) is 0.325. The van der Waals surface area contributed by atoms with Crippen molar-refractivity contribution >= 4 is 20.0 Å². The van der Waals surface area contributed by atoms with Gasteiger partial charge in [0.05, 0.1) is 20.9 Å². The summed E-state index contributed by atoms with van der Waals surface area (Å²) >= 11 is 0. The first-order valence-corrected chi connectivity index (χ1v) is 15.5. The predicted octanol–water partition coefficient (Wildman–Crippen LogP) is 5.05. The molecule has 40 heavy (non-hydrogen) atoms. The number of nitrogens with one attached hydrogen (secondary N) is 3. The second-order valence-corrected chi connectivity index (χ2v) is 13.5. The van der Waals surface area contributed by atoms with Crippen molar-refractivity contribution in [3.63, 3.8) is 0 Å². The fourth-order valence-electron chi connectivity index (χ4n) is 4.78. The molecule has 0 aromatic heterocycles. The summed E-state index contributed by atoms with van der Waals surface area (Å²) in [6, 6.07) is 5.41. The zero-order valence-corrected chi connectivity index (χ0v) is 23.3. The van der Waals surface area contributed by atoms with Crippen LogP contribution in [-0.4, -0.2) is 41.0 Å². The van der Waals surface area contributed by atoms with E-state index in [0.29, 0.717) is 37.8 Å². The Labute approximate surface area is 229 Å². The highest BCUT2D eigenvalue weighted by Gasteiger charge is 2.33. The van der Waals surface area contributed by atoms with Crippen molar-refractivity contribution in [1.82, 2.24) is 14.8 Å². The van der Waals surface area contributed by atoms with E-state index in [1.807, 2.05) is 0 Å². The molecule has 3 rings (SSSR count). The lowest BCUT2D eigenvalue weighted by Crippen LogP contribution is -2.48. The summed E-state index contributed by atoms with van der Waals surface area (Å²) in [6.45, 7) is 3.20. The van der Waals surface area contributed by atoms with Gasteiger partial charge in [-0.25, -0.2) is 26.3 Å². The molecular weight excluding hydrogens is 584 g/mol. The number of hydrogen-bond donors (Lipinski definition) is 3. The summed E-state index contributed by atoms with van der Waals surface area (Å²) in [6.07, 6.45) is -6.53. The lowest BCUT2D eigenvalue weighted by molar-refractivity contribution is -0.138. The van der Waals surface area contributed by atoms with E-state index in [-0.39, 0.29) is 12.1 Å². The Hall–Kier alpha value is -2.20. The molecule has 1 fully saturated rings. The van der Waals surface area contributed by atoms with Gasteiger partial charge in [0.1, 0.15) is 0 Å². The molecule has 1 aliphatic heterocycles. The van der Waals surface area contributed by atoms with E-state index < -0.39 is 65.4 Å². The Morgan fingerprint density at radius 2 is 1.12 bits per heavy atom. The van der Waals surface area contributed by atoms with Crippen molar-refractivity contribution in [2.24, 2.45) is 0 Å². The van der Waals surface area contributed by atoms with Crippen molar-refractivity contribution < 1.29 is 43.2 Å².